The molecule has 166 valence electrons. The molecule has 0 spiro atoms. The van der Waals surface area contributed by atoms with Crippen LogP contribution in [0.25, 0.3) is 0 Å². The predicted octanol–water partition coefficient (Wildman–Crippen LogP) is 0.0983. The van der Waals surface area contributed by atoms with E-state index in [0.29, 0.717) is 32.8 Å². The number of hydrogen-bond acceptors (Lipinski definition) is 3. The Morgan fingerprint density at radius 1 is 0.935 bits per heavy atom. The number of hydrogen-bond donors (Lipinski definition) is 2. The van der Waals surface area contributed by atoms with Gasteiger partial charge in [0.05, 0.1) is 0 Å². The summed E-state index contributed by atoms with van der Waals surface area (Å²) in [5, 5.41) is 0. The molecule has 2 aromatic rings. The second kappa shape index (κ2) is 10.2. The van der Waals surface area contributed by atoms with Crippen LogP contribution in [0.3, 0.4) is 0 Å². The molecule has 2 heterocycles. The molecule has 0 radical (unpaired) electrons. The number of amides is 1. The lowest BCUT2D eigenvalue weighted by molar-refractivity contribution is -1.02. The first kappa shape index (κ1) is 21.7. The van der Waals surface area contributed by atoms with Crippen LogP contribution in [0.1, 0.15) is 23.6 Å². The van der Waals surface area contributed by atoms with E-state index in [9.17, 15) is 4.79 Å². The molecule has 1 fully saturated rings. The van der Waals surface area contributed by atoms with E-state index in [1.165, 1.54) is 16.0 Å². The smallest absolute Gasteiger partial charge is 0.278 e. The number of fused-ring (bicyclic) bond motifs is 1. The number of quaternary nitrogens is 2. The van der Waals surface area contributed by atoms with Crippen LogP contribution in [0.15, 0.2) is 42.5 Å². The first-order valence-electron chi connectivity index (χ1n) is 11.5. The monoisotopic (exact) mass is 425 g/mol. The highest BCUT2D eigenvalue weighted by atomic mass is 16.6. The lowest BCUT2D eigenvalue weighted by Gasteiger charge is -2.31. The van der Waals surface area contributed by atoms with Gasteiger partial charge in [0.1, 0.15) is 45.9 Å². The molecule has 31 heavy (non-hydrogen) atoms. The predicted molar refractivity (Wildman–Crippen MR) is 120 cm³/mol. The number of nitrogens with one attached hydrogen (secondary N) is 2. The van der Waals surface area contributed by atoms with Crippen LogP contribution in [-0.2, 0) is 17.9 Å². The van der Waals surface area contributed by atoms with E-state index < -0.39 is 0 Å². The van der Waals surface area contributed by atoms with Gasteiger partial charge < -0.3 is 24.2 Å². The molecule has 2 aliphatic heterocycles. The van der Waals surface area contributed by atoms with Crippen molar-refractivity contribution in [3.8, 4) is 11.5 Å². The van der Waals surface area contributed by atoms with Crippen LogP contribution < -0.4 is 19.3 Å². The SMILES string of the molecule is CCN(Cc1ccc2c(c1)OCCO2)C(=O)C[NH+]1CC[NH+](Cc2cccc(C)c2)CC1. The number of piperazine rings is 1. The summed E-state index contributed by atoms with van der Waals surface area (Å²) in [4.78, 5) is 18.0. The van der Waals surface area contributed by atoms with Gasteiger partial charge >= 0.3 is 0 Å². The van der Waals surface area contributed by atoms with Gasteiger partial charge in [-0.2, -0.15) is 0 Å². The summed E-state index contributed by atoms with van der Waals surface area (Å²) < 4.78 is 11.3. The third-order valence-electron chi connectivity index (χ3n) is 6.32. The maximum absolute atomic E-state index is 13.0. The minimum Gasteiger partial charge on any atom is -0.486 e. The fraction of sp³-hybridized carbons (Fsp3) is 0.480. The summed E-state index contributed by atoms with van der Waals surface area (Å²) in [6.07, 6.45) is 0. The Morgan fingerprint density at radius 2 is 1.68 bits per heavy atom. The van der Waals surface area contributed by atoms with Gasteiger partial charge in [-0.3, -0.25) is 4.79 Å². The summed E-state index contributed by atoms with van der Waals surface area (Å²) in [6, 6.07) is 14.8. The summed E-state index contributed by atoms with van der Waals surface area (Å²) in [5.41, 5.74) is 3.82. The average molecular weight is 426 g/mol. The van der Waals surface area contributed by atoms with Gasteiger partial charge in [-0.15, -0.1) is 0 Å². The molecule has 2 N–H and O–H groups in total. The second-order valence-corrected chi connectivity index (χ2v) is 8.73. The average Bonchev–Trinajstić information content (AvgIpc) is 2.78. The van der Waals surface area contributed by atoms with Crippen LogP contribution >= 0.6 is 0 Å². The number of nitrogens with zero attached hydrogens (tertiary/aromatic N) is 1. The number of carbonyl (C=O) groups excluding carboxylic acids is 1. The van der Waals surface area contributed by atoms with Crippen molar-refractivity contribution in [2.24, 2.45) is 0 Å². The largest absolute Gasteiger partial charge is 0.486 e. The molecular formula is C25H35N3O3+2. The van der Waals surface area contributed by atoms with E-state index >= 15 is 0 Å². The Bertz CT molecular complexity index is 893. The molecule has 1 amide bonds. The fourth-order valence-corrected chi connectivity index (χ4v) is 4.53. The second-order valence-electron chi connectivity index (χ2n) is 8.73. The molecule has 6 nitrogen and oxygen atoms in total. The van der Waals surface area contributed by atoms with Crippen molar-refractivity contribution in [1.82, 2.24) is 4.90 Å². The van der Waals surface area contributed by atoms with Crippen molar-refractivity contribution in [3.05, 3.63) is 59.2 Å². The Balaban J connectivity index is 1.26. The first-order chi connectivity index (χ1) is 15.1. The minimum atomic E-state index is 0.231. The summed E-state index contributed by atoms with van der Waals surface area (Å²) >= 11 is 0. The van der Waals surface area contributed by atoms with E-state index in [2.05, 4.69) is 38.1 Å². The normalized spacial score (nSPS) is 20.3. The van der Waals surface area contributed by atoms with E-state index in [1.807, 2.05) is 23.1 Å². The molecule has 4 rings (SSSR count). The Kier molecular flexibility index (Phi) is 7.10. The molecule has 0 aliphatic carbocycles. The van der Waals surface area contributed by atoms with Crippen LogP contribution in [0.5, 0.6) is 11.5 Å². The van der Waals surface area contributed by atoms with Crippen molar-refractivity contribution >= 4 is 5.91 Å². The first-order valence-corrected chi connectivity index (χ1v) is 11.5. The topological polar surface area (TPSA) is 47.6 Å². The number of rotatable bonds is 7. The Labute approximate surface area is 185 Å². The summed E-state index contributed by atoms with van der Waals surface area (Å²) in [7, 11) is 0. The van der Waals surface area contributed by atoms with Crippen molar-refractivity contribution < 1.29 is 24.1 Å². The Hall–Kier alpha value is -2.57. The van der Waals surface area contributed by atoms with Crippen LogP contribution in [0.4, 0.5) is 0 Å². The number of ether oxygens (including phenoxy) is 2. The molecule has 0 atom stereocenters. The Morgan fingerprint density at radius 3 is 2.42 bits per heavy atom. The number of aryl methyl sites for hydroxylation is 1. The molecule has 2 aliphatic rings. The van der Waals surface area contributed by atoms with Crippen LogP contribution in [-0.4, -0.2) is 63.3 Å². The quantitative estimate of drug-likeness (QED) is 0.662. The highest BCUT2D eigenvalue weighted by Crippen LogP contribution is 2.31. The van der Waals surface area contributed by atoms with Crippen molar-refractivity contribution in [3.63, 3.8) is 0 Å². The van der Waals surface area contributed by atoms with E-state index in [-0.39, 0.29) is 5.91 Å². The minimum absolute atomic E-state index is 0.231. The third kappa shape index (κ3) is 5.77. The maximum atomic E-state index is 13.0. The zero-order valence-corrected chi connectivity index (χ0v) is 18.8. The number of benzene rings is 2. The van der Waals surface area contributed by atoms with E-state index in [1.54, 1.807) is 4.90 Å². The molecular weight excluding hydrogens is 390 g/mol. The molecule has 0 unspecified atom stereocenters. The molecule has 0 aromatic heterocycles. The van der Waals surface area contributed by atoms with Crippen molar-refractivity contribution in [1.29, 1.82) is 0 Å². The molecule has 0 saturated carbocycles. The van der Waals surface area contributed by atoms with Crippen LogP contribution in [0, 0.1) is 6.92 Å². The van der Waals surface area contributed by atoms with Gasteiger partial charge in [0.25, 0.3) is 5.91 Å². The van der Waals surface area contributed by atoms with Crippen LogP contribution in [0.2, 0.25) is 0 Å². The number of carbonyl (C=O) groups is 1. The van der Waals surface area contributed by atoms with Gasteiger partial charge in [0, 0.05) is 18.7 Å². The standard InChI is InChI=1S/C25H33N3O3/c1-3-28(18-22-7-8-23-24(16-22)31-14-13-30-23)25(29)19-27-11-9-26(10-12-27)17-21-6-4-5-20(2)15-21/h4-8,15-16H,3,9-14,17-19H2,1-2H3/p+2. The lowest BCUT2D eigenvalue weighted by atomic mass is 10.1. The van der Waals surface area contributed by atoms with Gasteiger partial charge in [0.2, 0.25) is 0 Å². The summed E-state index contributed by atoms with van der Waals surface area (Å²) in [6.45, 7) is 12.7. The molecule has 0 bridgehead atoms. The highest BCUT2D eigenvalue weighted by Gasteiger charge is 2.27. The zero-order valence-electron chi connectivity index (χ0n) is 18.8. The number of likely N-dealkylation sites (N-methyl/N-ethyl adjacent to an activating group) is 1. The molecule has 2 aromatic carbocycles. The fourth-order valence-electron chi connectivity index (χ4n) is 4.53. The van der Waals surface area contributed by atoms with Gasteiger partial charge in [-0.25, -0.2) is 0 Å². The van der Waals surface area contributed by atoms with Gasteiger partial charge in [-0.1, -0.05) is 35.9 Å². The van der Waals surface area contributed by atoms with Crippen molar-refractivity contribution in [2.45, 2.75) is 26.9 Å². The summed E-state index contributed by atoms with van der Waals surface area (Å²) in [5.74, 6) is 1.81. The van der Waals surface area contributed by atoms with E-state index in [4.69, 9.17) is 9.47 Å². The third-order valence-corrected chi connectivity index (χ3v) is 6.32. The zero-order chi connectivity index (χ0) is 21.6. The van der Waals surface area contributed by atoms with E-state index in [0.717, 1.165) is 49.8 Å². The van der Waals surface area contributed by atoms with Crippen molar-refractivity contribution in [2.75, 3.05) is 52.5 Å². The van der Waals surface area contributed by atoms with Gasteiger partial charge in [-0.05, 0) is 31.5 Å². The molecule has 1 saturated heterocycles. The highest BCUT2D eigenvalue weighted by molar-refractivity contribution is 5.77. The lowest BCUT2D eigenvalue weighted by Crippen LogP contribution is -3.28. The maximum Gasteiger partial charge on any atom is 0.278 e. The van der Waals surface area contributed by atoms with Gasteiger partial charge in [0.15, 0.2) is 18.0 Å². The molecule has 6 heteroatoms.